The Hall–Kier alpha value is -2.24. The summed E-state index contributed by atoms with van der Waals surface area (Å²) in [5, 5.41) is 11.3. The predicted octanol–water partition coefficient (Wildman–Crippen LogP) is 1.72. The number of aryl methyl sites for hydroxylation is 1. The van der Waals surface area contributed by atoms with Gasteiger partial charge in [-0.1, -0.05) is 6.07 Å². The molecule has 0 aromatic heterocycles. The molecule has 1 heterocycles. The average Bonchev–Trinajstić information content (AvgIpc) is 2.92. The molecule has 0 saturated carbocycles. The fraction of sp³-hybridized carbons (Fsp3) is 0.467. The highest BCUT2D eigenvalue weighted by Gasteiger charge is 2.13. The summed E-state index contributed by atoms with van der Waals surface area (Å²) in [6, 6.07) is 5.66. The summed E-state index contributed by atoms with van der Waals surface area (Å²) in [7, 11) is 0. The lowest BCUT2D eigenvalue weighted by atomic mass is 10.1. The maximum absolute atomic E-state index is 11.7. The van der Waals surface area contributed by atoms with Crippen LogP contribution in [0, 0.1) is 0 Å². The van der Waals surface area contributed by atoms with Crippen molar-refractivity contribution < 1.29 is 24.2 Å². The number of hydrogen-bond donors (Lipinski definition) is 2. The Kier molecular flexibility index (Phi) is 5.43. The van der Waals surface area contributed by atoms with Crippen LogP contribution < -0.4 is 14.8 Å². The normalized spacial score (nSPS) is 12.2. The highest BCUT2D eigenvalue weighted by molar-refractivity contribution is 5.76. The lowest BCUT2D eigenvalue weighted by Gasteiger charge is -2.05. The smallest absolute Gasteiger partial charge is 0.303 e. The molecule has 0 aliphatic carbocycles. The van der Waals surface area contributed by atoms with Gasteiger partial charge >= 0.3 is 5.97 Å². The van der Waals surface area contributed by atoms with Crippen LogP contribution >= 0.6 is 0 Å². The molecular formula is C15H19NO5. The maximum Gasteiger partial charge on any atom is 0.303 e. The Bertz CT molecular complexity index is 515. The second-order valence-electron chi connectivity index (χ2n) is 4.89. The number of carboxylic acid groups (broad SMARTS) is 1. The number of hydrogen-bond acceptors (Lipinski definition) is 4. The first-order chi connectivity index (χ1) is 10.1. The molecule has 1 aromatic rings. The van der Waals surface area contributed by atoms with Gasteiger partial charge < -0.3 is 19.9 Å². The standard InChI is InChI=1S/C15H19NO5/c17-14(16-8-2-1-3-15(18)19)7-5-11-4-6-12-13(9-11)21-10-20-12/h4,6,9H,1-3,5,7-8,10H2,(H,16,17)(H,18,19). The van der Waals surface area contributed by atoms with Gasteiger partial charge in [-0.25, -0.2) is 0 Å². The monoisotopic (exact) mass is 293 g/mol. The average molecular weight is 293 g/mol. The molecule has 0 unspecified atom stereocenters. The van der Waals surface area contributed by atoms with Crippen molar-refractivity contribution >= 4 is 11.9 Å². The summed E-state index contributed by atoms with van der Waals surface area (Å²) in [5.74, 6) is 0.635. The number of unbranched alkanes of at least 4 members (excludes halogenated alkanes) is 1. The summed E-state index contributed by atoms with van der Waals surface area (Å²) >= 11 is 0. The van der Waals surface area contributed by atoms with Gasteiger partial charge in [0.25, 0.3) is 0 Å². The summed E-state index contributed by atoms with van der Waals surface area (Å²) in [5.41, 5.74) is 1.03. The number of nitrogens with one attached hydrogen (secondary N) is 1. The van der Waals surface area contributed by atoms with Crippen molar-refractivity contribution in [2.45, 2.75) is 32.1 Å². The third-order valence-corrected chi connectivity index (χ3v) is 3.22. The second-order valence-corrected chi connectivity index (χ2v) is 4.89. The first-order valence-corrected chi connectivity index (χ1v) is 7.02. The minimum absolute atomic E-state index is 0.0250. The van der Waals surface area contributed by atoms with E-state index in [9.17, 15) is 9.59 Å². The number of amides is 1. The van der Waals surface area contributed by atoms with Crippen LogP contribution in [-0.4, -0.2) is 30.3 Å². The minimum atomic E-state index is -0.802. The van der Waals surface area contributed by atoms with Crippen LogP contribution in [0.4, 0.5) is 0 Å². The van der Waals surface area contributed by atoms with Crippen LogP contribution in [0.25, 0.3) is 0 Å². The lowest BCUT2D eigenvalue weighted by molar-refractivity contribution is -0.137. The van der Waals surface area contributed by atoms with Crippen LogP contribution in [0.15, 0.2) is 18.2 Å². The molecule has 2 rings (SSSR count). The van der Waals surface area contributed by atoms with E-state index in [-0.39, 0.29) is 19.1 Å². The minimum Gasteiger partial charge on any atom is -0.481 e. The van der Waals surface area contributed by atoms with Gasteiger partial charge in [0.1, 0.15) is 0 Å². The Morgan fingerprint density at radius 2 is 1.95 bits per heavy atom. The van der Waals surface area contributed by atoms with Crippen LogP contribution in [0.1, 0.15) is 31.2 Å². The molecule has 2 N–H and O–H groups in total. The molecule has 0 bridgehead atoms. The number of aliphatic carboxylic acids is 1. The van der Waals surface area contributed by atoms with E-state index in [1.807, 2.05) is 18.2 Å². The van der Waals surface area contributed by atoms with Crippen molar-refractivity contribution in [1.29, 1.82) is 0 Å². The van der Waals surface area contributed by atoms with Crippen LogP contribution in [0.2, 0.25) is 0 Å². The van der Waals surface area contributed by atoms with Gasteiger partial charge in [0.2, 0.25) is 12.7 Å². The van der Waals surface area contributed by atoms with Gasteiger partial charge in [0.05, 0.1) is 0 Å². The van der Waals surface area contributed by atoms with Crippen molar-refractivity contribution in [3.05, 3.63) is 23.8 Å². The molecule has 0 spiro atoms. The SMILES string of the molecule is O=C(O)CCCCNC(=O)CCc1ccc2c(c1)OCO2. The summed E-state index contributed by atoms with van der Waals surface area (Å²) in [4.78, 5) is 22.0. The Labute approximate surface area is 123 Å². The van der Waals surface area contributed by atoms with E-state index in [4.69, 9.17) is 14.6 Å². The van der Waals surface area contributed by atoms with Gasteiger partial charge in [0, 0.05) is 19.4 Å². The zero-order valence-corrected chi connectivity index (χ0v) is 11.8. The highest BCUT2D eigenvalue weighted by Crippen LogP contribution is 2.32. The Balaban J connectivity index is 1.63. The van der Waals surface area contributed by atoms with Gasteiger partial charge in [-0.3, -0.25) is 9.59 Å². The molecular weight excluding hydrogens is 274 g/mol. The van der Waals surface area contributed by atoms with Crippen molar-refractivity contribution in [2.75, 3.05) is 13.3 Å². The van der Waals surface area contributed by atoms with E-state index in [0.29, 0.717) is 32.2 Å². The van der Waals surface area contributed by atoms with Gasteiger partial charge in [-0.2, -0.15) is 0 Å². The van der Waals surface area contributed by atoms with Crippen LogP contribution in [0.5, 0.6) is 11.5 Å². The molecule has 0 saturated heterocycles. The van der Waals surface area contributed by atoms with E-state index in [1.165, 1.54) is 0 Å². The first-order valence-electron chi connectivity index (χ1n) is 7.02. The van der Waals surface area contributed by atoms with Crippen molar-refractivity contribution in [2.24, 2.45) is 0 Å². The lowest BCUT2D eigenvalue weighted by Crippen LogP contribution is -2.24. The molecule has 1 aromatic carbocycles. The van der Waals surface area contributed by atoms with Gasteiger partial charge in [0.15, 0.2) is 11.5 Å². The Morgan fingerprint density at radius 3 is 2.76 bits per heavy atom. The Morgan fingerprint density at radius 1 is 1.14 bits per heavy atom. The molecule has 0 fully saturated rings. The van der Waals surface area contributed by atoms with Crippen LogP contribution in [-0.2, 0) is 16.0 Å². The van der Waals surface area contributed by atoms with E-state index >= 15 is 0 Å². The number of benzene rings is 1. The zero-order valence-electron chi connectivity index (χ0n) is 11.8. The summed E-state index contributed by atoms with van der Waals surface area (Å²) < 4.78 is 10.5. The number of fused-ring (bicyclic) bond motifs is 1. The van der Waals surface area contributed by atoms with Crippen LogP contribution in [0.3, 0.4) is 0 Å². The summed E-state index contributed by atoms with van der Waals surface area (Å²) in [6.45, 7) is 0.767. The van der Waals surface area contributed by atoms with E-state index in [0.717, 1.165) is 17.1 Å². The third kappa shape index (κ3) is 4.98. The van der Waals surface area contributed by atoms with Crippen molar-refractivity contribution in [1.82, 2.24) is 5.32 Å². The number of carbonyl (C=O) groups is 2. The van der Waals surface area contributed by atoms with Gasteiger partial charge in [-0.05, 0) is 37.0 Å². The molecule has 0 radical (unpaired) electrons. The molecule has 6 nitrogen and oxygen atoms in total. The van der Waals surface area contributed by atoms with Crippen molar-refractivity contribution in [3.63, 3.8) is 0 Å². The van der Waals surface area contributed by atoms with E-state index in [1.54, 1.807) is 0 Å². The highest BCUT2D eigenvalue weighted by atomic mass is 16.7. The number of ether oxygens (including phenoxy) is 2. The number of rotatable bonds is 8. The van der Waals surface area contributed by atoms with Crippen molar-refractivity contribution in [3.8, 4) is 11.5 Å². The topological polar surface area (TPSA) is 84.9 Å². The zero-order chi connectivity index (χ0) is 15.1. The predicted molar refractivity (Wildman–Crippen MR) is 75.4 cm³/mol. The van der Waals surface area contributed by atoms with E-state index in [2.05, 4.69) is 5.32 Å². The number of carbonyl (C=O) groups excluding carboxylic acids is 1. The maximum atomic E-state index is 11.7. The molecule has 114 valence electrons. The largest absolute Gasteiger partial charge is 0.481 e. The number of carboxylic acids is 1. The quantitative estimate of drug-likeness (QED) is 0.713. The summed E-state index contributed by atoms with van der Waals surface area (Å²) in [6.07, 6.45) is 2.45. The molecule has 6 heteroatoms. The fourth-order valence-corrected chi connectivity index (χ4v) is 2.07. The molecule has 0 atom stereocenters. The van der Waals surface area contributed by atoms with E-state index < -0.39 is 5.97 Å². The first kappa shape index (κ1) is 15.2. The third-order valence-electron chi connectivity index (χ3n) is 3.22. The van der Waals surface area contributed by atoms with Gasteiger partial charge in [-0.15, -0.1) is 0 Å². The molecule has 1 aliphatic rings. The molecule has 1 amide bonds. The molecule has 1 aliphatic heterocycles. The fourth-order valence-electron chi connectivity index (χ4n) is 2.07. The molecule has 21 heavy (non-hydrogen) atoms. The second kappa shape index (κ2) is 7.52.